The van der Waals surface area contributed by atoms with Crippen molar-refractivity contribution < 1.29 is 18.4 Å². The van der Waals surface area contributed by atoms with Crippen molar-refractivity contribution in [2.75, 3.05) is 6.54 Å². The Morgan fingerprint density at radius 3 is 2.71 bits per heavy atom. The Balaban J connectivity index is 2.12. The lowest BCUT2D eigenvalue weighted by atomic mass is 10.1. The quantitative estimate of drug-likeness (QED) is 0.629. The van der Waals surface area contributed by atoms with Gasteiger partial charge in [0.15, 0.2) is 0 Å². The molecule has 7 nitrogen and oxygen atoms in total. The van der Waals surface area contributed by atoms with Crippen LogP contribution in [0.25, 0.3) is 0 Å². The molecule has 2 unspecified atom stereocenters. The molecule has 1 saturated carbocycles. The molecule has 2 rings (SSSR count). The van der Waals surface area contributed by atoms with E-state index in [0.29, 0.717) is 18.4 Å². The minimum Gasteiger partial charge on any atom is -0.393 e. The third-order valence-corrected chi connectivity index (χ3v) is 5.18. The second-order valence-corrected chi connectivity index (χ2v) is 7.16. The second-order valence-electron chi connectivity index (χ2n) is 5.39. The minimum atomic E-state index is -3.77. The van der Waals surface area contributed by atoms with E-state index in [1.165, 1.54) is 12.1 Å². The molecule has 0 amide bonds. The molecular weight excluding hydrogens is 296 g/mol. The Bertz CT molecular complexity index is 644. The molecule has 116 valence electrons. The molecule has 0 spiro atoms. The molecule has 1 aliphatic carbocycles. The van der Waals surface area contributed by atoms with Crippen LogP contribution in [-0.2, 0) is 10.0 Å². The van der Waals surface area contributed by atoms with E-state index in [4.69, 9.17) is 0 Å². The third-order valence-electron chi connectivity index (χ3n) is 3.76. The lowest BCUT2D eigenvalue weighted by Gasteiger charge is -2.11. The fraction of sp³-hybridized carbons (Fsp3) is 0.538. The number of nitrogens with one attached hydrogen (secondary N) is 1. The molecule has 0 aliphatic heterocycles. The number of benzene rings is 1. The van der Waals surface area contributed by atoms with E-state index in [9.17, 15) is 23.6 Å². The number of sulfonamides is 1. The lowest BCUT2D eigenvalue weighted by molar-refractivity contribution is -0.385. The van der Waals surface area contributed by atoms with Crippen LogP contribution in [0.1, 0.15) is 24.8 Å². The van der Waals surface area contributed by atoms with Gasteiger partial charge in [0.25, 0.3) is 5.69 Å². The van der Waals surface area contributed by atoms with Gasteiger partial charge in [-0.1, -0.05) is 6.07 Å². The number of rotatable bonds is 5. The number of hydrogen-bond donors (Lipinski definition) is 2. The number of aliphatic hydroxyl groups excluding tert-OH is 1. The van der Waals surface area contributed by atoms with Crippen LogP contribution in [0.15, 0.2) is 23.1 Å². The molecular formula is C13H18N2O5S. The molecule has 2 atom stereocenters. The van der Waals surface area contributed by atoms with Gasteiger partial charge < -0.3 is 5.11 Å². The number of hydrogen-bond acceptors (Lipinski definition) is 5. The van der Waals surface area contributed by atoms with Crippen molar-refractivity contribution >= 4 is 15.7 Å². The monoisotopic (exact) mass is 314 g/mol. The van der Waals surface area contributed by atoms with Gasteiger partial charge in [0.05, 0.1) is 15.9 Å². The second kappa shape index (κ2) is 6.08. The molecule has 21 heavy (non-hydrogen) atoms. The third kappa shape index (κ3) is 3.78. The zero-order chi connectivity index (χ0) is 15.6. The Hall–Kier alpha value is -1.51. The number of aliphatic hydroxyl groups is 1. The Morgan fingerprint density at radius 2 is 2.14 bits per heavy atom. The fourth-order valence-electron chi connectivity index (χ4n) is 2.50. The summed E-state index contributed by atoms with van der Waals surface area (Å²) in [4.78, 5) is 10.2. The average molecular weight is 314 g/mol. The summed E-state index contributed by atoms with van der Waals surface area (Å²) < 4.78 is 26.8. The molecule has 1 aromatic rings. The van der Waals surface area contributed by atoms with Crippen LogP contribution in [0.2, 0.25) is 0 Å². The Labute approximate surface area is 123 Å². The largest absolute Gasteiger partial charge is 0.393 e. The number of aryl methyl sites for hydroxylation is 1. The van der Waals surface area contributed by atoms with Gasteiger partial charge in [0.1, 0.15) is 0 Å². The molecule has 8 heteroatoms. The summed E-state index contributed by atoms with van der Waals surface area (Å²) in [5.41, 5.74) is 0.201. The standard InChI is InChI=1S/C13H18N2O5S/c1-9-2-5-12(7-13(9)15(17)18)21(19,20)14-8-10-3-4-11(16)6-10/h2,5,7,10-11,14,16H,3-4,6,8H2,1H3. The first-order valence-corrected chi connectivity index (χ1v) is 8.20. The van der Waals surface area contributed by atoms with Gasteiger partial charge in [-0.25, -0.2) is 13.1 Å². The van der Waals surface area contributed by atoms with Gasteiger partial charge in [-0.15, -0.1) is 0 Å². The van der Waals surface area contributed by atoms with E-state index in [-0.39, 0.29) is 29.1 Å². The molecule has 2 N–H and O–H groups in total. The normalized spacial score (nSPS) is 22.4. The first kappa shape index (κ1) is 15.9. The molecule has 0 bridgehead atoms. The van der Waals surface area contributed by atoms with Crippen molar-refractivity contribution in [1.82, 2.24) is 4.72 Å². The van der Waals surface area contributed by atoms with Crippen molar-refractivity contribution in [2.24, 2.45) is 5.92 Å². The molecule has 1 aromatic carbocycles. The van der Waals surface area contributed by atoms with E-state index < -0.39 is 14.9 Å². The molecule has 0 saturated heterocycles. The lowest BCUT2D eigenvalue weighted by Crippen LogP contribution is -2.28. The van der Waals surface area contributed by atoms with Gasteiger partial charge in [-0.05, 0) is 38.2 Å². The molecule has 0 aromatic heterocycles. The summed E-state index contributed by atoms with van der Waals surface area (Å²) in [5.74, 6) is 0.107. The SMILES string of the molecule is Cc1ccc(S(=O)(=O)NCC2CCC(O)C2)cc1[N+](=O)[O-]. The van der Waals surface area contributed by atoms with Crippen molar-refractivity contribution in [2.45, 2.75) is 37.2 Å². The number of nitro groups is 1. The van der Waals surface area contributed by atoms with Crippen molar-refractivity contribution in [1.29, 1.82) is 0 Å². The highest BCUT2D eigenvalue weighted by molar-refractivity contribution is 7.89. The van der Waals surface area contributed by atoms with Crippen molar-refractivity contribution in [3.8, 4) is 0 Å². The highest BCUT2D eigenvalue weighted by Gasteiger charge is 2.25. The van der Waals surface area contributed by atoms with Gasteiger partial charge in [-0.3, -0.25) is 10.1 Å². The van der Waals surface area contributed by atoms with Crippen LogP contribution in [0.4, 0.5) is 5.69 Å². The summed E-state index contributed by atoms with van der Waals surface area (Å²) >= 11 is 0. The van der Waals surface area contributed by atoms with Crippen LogP contribution >= 0.6 is 0 Å². The van der Waals surface area contributed by atoms with Crippen LogP contribution in [-0.4, -0.2) is 31.1 Å². The summed E-state index contributed by atoms with van der Waals surface area (Å²) in [7, 11) is -3.77. The van der Waals surface area contributed by atoms with Gasteiger partial charge in [0.2, 0.25) is 10.0 Å². The highest BCUT2D eigenvalue weighted by atomic mass is 32.2. The predicted molar refractivity (Wildman–Crippen MR) is 76.4 cm³/mol. The number of nitro benzene ring substituents is 1. The predicted octanol–water partition coefficient (Wildman–Crippen LogP) is 1.34. The maximum Gasteiger partial charge on any atom is 0.273 e. The van der Waals surface area contributed by atoms with Gasteiger partial charge in [-0.2, -0.15) is 0 Å². The summed E-state index contributed by atoms with van der Waals surface area (Å²) in [6.07, 6.45) is 1.68. The van der Waals surface area contributed by atoms with Crippen molar-refractivity contribution in [3.63, 3.8) is 0 Å². The molecule has 0 heterocycles. The maximum absolute atomic E-state index is 12.2. The van der Waals surface area contributed by atoms with Gasteiger partial charge in [0, 0.05) is 18.2 Å². The summed E-state index contributed by atoms with van der Waals surface area (Å²) in [5, 5.41) is 20.3. The Morgan fingerprint density at radius 1 is 1.43 bits per heavy atom. The average Bonchev–Trinajstić information content (AvgIpc) is 2.82. The van der Waals surface area contributed by atoms with E-state index in [0.717, 1.165) is 12.5 Å². The maximum atomic E-state index is 12.2. The number of nitrogens with zero attached hydrogens (tertiary/aromatic N) is 1. The van der Waals surface area contributed by atoms with E-state index in [1.54, 1.807) is 6.92 Å². The van der Waals surface area contributed by atoms with Crippen molar-refractivity contribution in [3.05, 3.63) is 33.9 Å². The van der Waals surface area contributed by atoms with E-state index in [2.05, 4.69) is 4.72 Å². The Kier molecular flexibility index (Phi) is 4.60. The van der Waals surface area contributed by atoms with Crippen LogP contribution in [0.3, 0.4) is 0 Å². The first-order chi connectivity index (χ1) is 9.79. The van der Waals surface area contributed by atoms with E-state index >= 15 is 0 Å². The topological polar surface area (TPSA) is 110 Å². The first-order valence-electron chi connectivity index (χ1n) is 6.72. The minimum absolute atomic E-state index is 0.107. The van der Waals surface area contributed by atoms with Crippen LogP contribution in [0.5, 0.6) is 0 Å². The highest BCUT2D eigenvalue weighted by Crippen LogP contribution is 2.26. The summed E-state index contributed by atoms with van der Waals surface area (Å²) in [6, 6.07) is 3.85. The summed E-state index contributed by atoms with van der Waals surface area (Å²) in [6.45, 7) is 1.79. The van der Waals surface area contributed by atoms with Gasteiger partial charge >= 0.3 is 0 Å². The zero-order valence-corrected chi connectivity index (χ0v) is 12.5. The zero-order valence-electron chi connectivity index (χ0n) is 11.7. The van der Waals surface area contributed by atoms with E-state index in [1.807, 2.05) is 0 Å². The smallest absolute Gasteiger partial charge is 0.273 e. The van der Waals surface area contributed by atoms with Crippen LogP contribution in [0, 0.1) is 23.0 Å². The fourth-order valence-corrected chi connectivity index (χ4v) is 3.63. The van der Waals surface area contributed by atoms with Crippen LogP contribution < -0.4 is 4.72 Å². The molecule has 1 aliphatic rings. The molecule has 1 fully saturated rings. The molecule has 0 radical (unpaired) electrons.